The van der Waals surface area contributed by atoms with E-state index in [1.807, 2.05) is 12.1 Å². The molecule has 4 aromatic rings. The van der Waals surface area contributed by atoms with Crippen molar-refractivity contribution in [2.45, 2.75) is 13.5 Å². The number of carbonyl (C=O) groups is 2. The van der Waals surface area contributed by atoms with Gasteiger partial charge >= 0.3 is 0 Å². The van der Waals surface area contributed by atoms with Crippen LogP contribution in [0.25, 0.3) is 10.9 Å². The summed E-state index contributed by atoms with van der Waals surface area (Å²) in [4.78, 5) is 44.8. The third-order valence-electron chi connectivity index (χ3n) is 5.27. The summed E-state index contributed by atoms with van der Waals surface area (Å²) in [5.74, 6) is -0.544. The van der Waals surface area contributed by atoms with Crippen LogP contribution in [0, 0.1) is 6.92 Å². The van der Waals surface area contributed by atoms with Gasteiger partial charge in [-0.15, -0.1) is 0 Å². The van der Waals surface area contributed by atoms with Crippen molar-refractivity contribution in [3.63, 3.8) is 0 Å². The zero-order valence-electron chi connectivity index (χ0n) is 18.4. The number of aromatic amines is 1. The molecule has 4 rings (SSSR count). The second-order valence-corrected chi connectivity index (χ2v) is 8.06. The standard InChI is InChI=1S/C25H21ClN4O4/c1-14-3-6-16(23(31)28-12-15-4-7-18(26)8-5-15)10-20(14)29-24(32)19-9-17-13-27-22(34-2)11-21(17)30-25(19)33/h3-11,13H,12H2,1-2H3,(H,28,31)(H,29,32)(H,30,33). The van der Waals surface area contributed by atoms with Crippen molar-refractivity contribution < 1.29 is 14.3 Å². The number of aryl methyl sites for hydroxylation is 1. The normalized spacial score (nSPS) is 10.7. The highest BCUT2D eigenvalue weighted by Crippen LogP contribution is 2.20. The van der Waals surface area contributed by atoms with Crippen molar-refractivity contribution in [2.24, 2.45) is 0 Å². The number of hydrogen-bond donors (Lipinski definition) is 3. The summed E-state index contributed by atoms with van der Waals surface area (Å²) < 4.78 is 5.06. The number of anilines is 1. The van der Waals surface area contributed by atoms with Gasteiger partial charge in [-0.2, -0.15) is 0 Å². The molecule has 0 fully saturated rings. The van der Waals surface area contributed by atoms with Crippen LogP contribution in [0.15, 0.2) is 65.6 Å². The lowest BCUT2D eigenvalue weighted by molar-refractivity contribution is 0.0949. The van der Waals surface area contributed by atoms with E-state index in [4.69, 9.17) is 16.3 Å². The summed E-state index contributed by atoms with van der Waals surface area (Å²) >= 11 is 5.89. The zero-order valence-corrected chi connectivity index (χ0v) is 19.2. The Hall–Kier alpha value is -4.17. The van der Waals surface area contributed by atoms with E-state index in [1.54, 1.807) is 43.3 Å². The van der Waals surface area contributed by atoms with Gasteiger partial charge in [-0.1, -0.05) is 29.8 Å². The first-order chi connectivity index (χ1) is 16.3. The molecule has 8 nitrogen and oxygen atoms in total. The molecular formula is C25H21ClN4O4. The summed E-state index contributed by atoms with van der Waals surface area (Å²) in [6, 6.07) is 15.2. The van der Waals surface area contributed by atoms with Crippen molar-refractivity contribution in [1.82, 2.24) is 15.3 Å². The molecule has 0 saturated heterocycles. The molecule has 9 heteroatoms. The van der Waals surface area contributed by atoms with E-state index in [1.165, 1.54) is 19.4 Å². The van der Waals surface area contributed by atoms with E-state index in [0.29, 0.717) is 39.6 Å². The second kappa shape index (κ2) is 9.76. The quantitative estimate of drug-likeness (QED) is 0.388. The number of rotatable bonds is 6. The molecule has 0 aliphatic carbocycles. The fourth-order valence-electron chi connectivity index (χ4n) is 3.34. The van der Waals surface area contributed by atoms with Crippen LogP contribution in [0.2, 0.25) is 5.02 Å². The van der Waals surface area contributed by atoms with Crippen LogP contribution in [0.5, 0.6) is 5.88 Å². The maximum absolute atomic E-state index is 12.9. The SMILES string of the molecule is COc1cc2[nH]c(=O)c(C(=O)Nc3cc(C(=O)NCc4ccc(Cl)cc4)ccc3C)cc2cn1. The van der Waals surface area contributed by atoms with Crippen LogP contribution < -0.4 is 20.9 Å². The van der Waals surface area contributed by atoms with E-state index in [2.05, 4.69) is 20.6 Å². The number of methoxy groups -OCH3 is 1. The minimum absolute atomic E-state index is 0.0727. The lowest BCUT2D eigenvalue weighted by atomic mass is 10.1. The summed E-state index contributed by atoms with van der Waals surface area (Å²) in [6.07, 6.45) is 1.51. The number of benzene rings is 2. The van der Waals surface area contributed by atoms with Gasteiger partial charge in [-0.25, -0.2) is 4.98 Å². The Kier molecular flexibility index (Phi) is 6.60. The number of hydrogen-bond acceptors (Lipinski definition) is 5. The van der Waals surface area contributed by atoms with Gasteiger partial charge in [-0.3, -0.25) is 14.4 Å². The van der Waals surface area contributed by atoms with E-state index in [-0.39, 0.29) is 11.5 Å². The first-order valence-electron chi connectivity index (χ1n) is 10.4. The fraction of sp³-hybridized carbons (Fsp3) is 0.120. The molecule has 2 heterocycles. The molecule has 2 amide bonds. The molecule has 3 N–H and O–H groups in total. The maximum atomic E-state index is 12.9. The van der Waals surface area contributed by atoms with Crippen LogP contribution in [-0.4, -0.2) is 28.9 Å². The second-order valence-electron chi connectivity index (χ2n) is 7.62. The van der Waals surface area contributed by atoms with Crippen LogP contribution in [0.1, 0.15) is 31.8 Å². The predicted molar refractivity (Wildman–Crippen MR) is 131 cm³/mol. The minimum atomic E-state index is -0.596. The van der Waals surface area contributed by atoms with Crippen LogP contribution >= 0.6 is 11.6 Å². The molecule has 0 saturated carbocycles. The van der Waals surface area contributed by atoms with Crippen LogP contribution in [0.4, 0.5) is 5.69 Å². The van der Waals surface area contributed by atoms with Crippen molar-refractivity contribution in [3.05, 3.63) is 98.4 Å². The molecule has 0 aliphatic rings. The number of carbonyl (C=O) groups excluding carboxylic acids is 2. The molecule has 2 aromatic heterocycles. The number of pyridine rings is 2. The third-order valence-corrected chi connectivity index (χ3v) is 5.52. The van der Waals surface area contributed by atoms with E-state index >= 15 is 0 Å². The molecule has 0 bridgehead atoms. The highest BCUT2D eigenvalue weighted by molar-refractivity contribution is 6.30. The van der Waals surface area contributed by atoms with E-state index in [9.17, 15) is 14.4 Å². The average molecular weight is 477 g/mol. The molecule has 2 aromatic carbocycles. The van der Waals surface area contributed by atoms with Gasteiger partial charge in [-0.05, 0) is 48.4 Å². The molecule has 0 unspecified atom stereocenters. The number of nitrogens with zero attached hydrogens (tertiary/aromatic N) is 1. The number of aromatic nitrogens is 2. The monoisotopic (exact) mass is 476 g/mol. The van der Waals surface area contributed by atoms with Crippen molar-refractivity contribution >= 4 is 40.0 Å². The number of halogens is 1. The molecular weight excluding hydrogens is 456 g/mol. The van der Waals surface area contributed by atoms with E-state index in [0.717, 1.165) is 11.1 Å². The third kappa shape index (κ3) is 5.07. The first kappa shape index (κ1) is 23.0. The lowest BCUT2D eigenvalue weighted by Crippen LogP contribution is -2.25. The maximum Gasteiger partial charge on any atom is 0.261 e. The van der Waals surface area contributed by atoms with Gasteiger partial charge in [0.25, 0.3) is 17.4 Å². The molecule has 34 heavy (non-hydrogen) atoms. The van der Waals surface area contributed by atoms with E-state index < -0.39 is 11.5 Å². The van der Waals surface area contributed by atoms with Crippen LogP contribution in [0.3, 0.4) is 0 Å². The summed E-state index contributed by atoms with van der Waals surface area (Å²) in [7, 11) is 1.47. The van der Waals surface area contributed by atoms with Crippen LogP contribution in [-0.2, 0) is 6.54 Å². The smallest absolute Gasteiger partial charge is 0.261 e. The average Bonchev–Trinajstić information content (AvgIpc) is 2.83. The minimum Gasteiger partial charge on any atom is -0.481 e. The van der Waals surface area contributed by atoms with Gasteiger partial charge in [0.05, 0.1) is 12.6 Å². The molecule has 0 aliphatic heterocycles. The lowest BCUT2D eigenvalue weighted by Gasteiger charge is -2.11. The molecule has 0 spiro atoms. The Morgan fingerprint density at radius 2 is 1.82 bits per heavy atom. The Balaban J connectivity index is 1.52. The van der Waals surface area contributed by atoms with Crippen molar-refractivity contribution in [1.29, 1.82) is 0 Å². The first-order valence-corrected chi connectivity index (χ1v) is 10.7. The molecule has 0 radical (unpaired) electrons. The Morgan fingerprint density at radius 1 is 1.06 bits per heavy atom. The van der Waals surface area contributed by atoms with Gasteiger partial charge < -0.3 is 20.4 Å². The van der Waals surface area contributed by atoms with Gasteiger partial charge in [0.15, 0.2) is 0 Å². The topological polar surface area (TPSA) is 113 Å². The van der Waals surface area contributed by atoms with Crippen molar-refractivity contribution in [2.75, 3.05) is 12.4 Å². The zero-order chi connectivity index (χ0) is 24.2. The fourth-order valence-corrected chi connectivity index (χ4v) is 3.46. The number of amides is 2. The number of ether oxygens (including phenoxy) is 1. The molecule has 172 valence electrons. The highest BCUT2D eigenvalue weighted by Gasteiger charge is 2.15. The highest BCUT2D eigenvalue weighted by atomic mass is 35.5. The Bertz CT molecular complexity index is 1450. The molecule has 0 atom stereocenters. The van der Waals surface area contributed by atoms with Crippen molar-refractivity contribution in [3.8, 4) is 5.88 Å². The summed E-state index contributed by atoms with van der Waals surface area (Å²) in [5, 5.41) is 6.77. The van der Waals surface area contributed by atoms with Gasteiger partial charge in [0.2, 0.25) is 5.88 Å². The Labute approximate surface area is 199 Å². The summed E-state index contributed by atoms with van der Waals surface area (Å²) in [5.41, 5.74) is 2.33. The predicted octanol–water partition coefficient (Wildman–Crippen LogP) is 4.08. The summed E-state index contributed by atoms with van der Waals surface area (Å²) in [6.45, 7) is 2.13. The number of fused-ring (bicyclic) bond motifs is 1. The largest absolute Gasteiger partial charge is 0.481 e. The number of nitrogens with one attached hydrogen (secondary N) is 3. The number of H-pyrrole nitrogens is 1. The van der Waals surface area contributed by atoms with Gasteiger partial charge in [0.1, 0.15) is 5.56 Å². The Morgan fingerprint density at radius 3 is 2.56 bits per heavy atom. The van der Waals surface area contributed by atoms with Gasteiger partial charge in [0, 0.05) is 40.5 Å².